The molecule has 0 unspecified atom stereocenters. The van der Waals surface area contributed by atoms with E-state index in [1.165, 1.54) is 4.90 Å². The number of piperazine rings is 1. The molecule has 11 heteroatoms. The van der Waals surface area contributed by atoms with E-state index in [1.54, 1.807) is 0 Å². The number of nitrogens with two attached hydrogens (primary N) is 1. The van der Waals surface area contributed by atoms with E-state index < -0.39 is 53.8 Å². The van der Waals surface area contributed by atoms with Gasteiger partial charge in [0.25, 0.3) is 0 Å². The molecule has 8 nitrogen and oxygen atoms in total. The van der Waals surface area contributed by atoms with Gasteiger partial charge in [0, 0.05) is 19.1 Å². The number of carbonyl (C=O) groups excluding carboxylic acids is 1. The molecule has 2 bridgehead atoms. The van der Waals surface area contributed by atoms with Gasteiger partial charge >= 0.3 is 5.97 Å². The summed E-state index contributed by atoms with van der Waals surface area (Å²) < 4.78 is 45.7. The minimum atomic E-state index is -1.36. The maximum atomic E-state index is 13.7. The first-order valence-electron chi connectivity index (χ1n) is 11.9. The van der Waals surface area contributed by atoms with Gasteiger partial charge in [-0.3, -0.25) is 4.79 Å². The molecule has 0 spiro atoms. The number of carboxylic acid groups (broad SMARTS) is 1. The highest BCUT2D eigenvalue weighted by molar-refractivity contribution is 5.99. The molecular weight excluding hydrogens is 491 g/mol. The van der Waals surface area contributed by atoms with Crippen molar-refractivity contribution in [3.05, 3.63) is 70.5 Å². The fourth-order valence-electron chi connectivity index (χ4n) is 4.82. The Kier molecular flexibility index (Phi) is 8.16. The Labute approximate surface area is 211 Å². The number of amides is 1. The molecule has 2 heterocycles. The Bertz CT molecular complexity index is 1200. The van der Waals surface area contributed by atoms with Crippen molar-refractivity contribution >= 4 is 17.4 Å². The van der Waals surface area contributed by atoms with Crippen LogP contribution in [-0.2, 0) is 16.0 Å². The van der Waals surface area contributed by atoms with Crippen molar-refractivity contribution in [3.8, 4) is 5.75 Å². The molecule has 0 radical (unpaired) electrons. The summed E-state index contributed by atoms with van der Waals surface area (Å²) in [7, 11) is 0. The van der Waals surface area contributed by atoms with Gasteiger partial charge in [0.1, 0.15) is 6.04 Å². The summed E-state index contributed by atoms with van der Waals surface area (Å²) in [4.78, 5) is 26.1. The normalized spacial score (nSPS) is 20.1. The van der Waals surface area contributed by atoms with Crippen LogP contribution in [0, 0.1) is 17.5 Å². The van der Waals surface area contributed by atoms with E-state index >= 15 is 0 Å². The van der Waals surface area contributed by atoms with Crippen LogP contribution in [0.25, 0.3) is 5.57 Å². The van der Waals surface area contributed by atoms with Crippen LogP contribution >= 0.6 is 0 Å². The predicted molar refractivity (Wildman–Crippen MR) is 128 cm³/mol. The quantitative estimate of drug-likeness (QED) is 0.294. The molecule has 4 rings (SSSR count). The smallest absolute Gasteiger partial charge is 0.333 e. The van der Waals surface area contributed by atoms with Gasteiger partial charge < -0.3 is 30.9 Å². The maximum absolute atomic E-state index is 13.7. The van der Waals surface area contributed by atoms with E-state index in [-0.39, 0.29) is 24.8 Å². The average molecular weight is 520 g/mol. The monoisotopic (exact) mass is 519 g/mol. The standard InChI is InChI=1S/C26H28F3N3O5/c27-18-7-8-19(28)24(23(18)29)37-9-1-2-14-3-5-15(6-4-14)17-10-16-11-32(25(34)20(30)13-33)12-21(31-16)22(17)26(35)36/h3-8,16,20-21,31,33H,1-2,9-13,30H2,(H,35,36)/t16-,20+,21-/m1/s1. The van der Waals surface area contributed by atoms with Crippen molar-refractivity contribution in [2.75, 3.05) is 26.3 Å². The number of benzene rings is 2. The van der Waals surface area contributed by atoms with E-state index in [9.17, 15) is 33.0 Å². The topological polar surface area (TPSA) is 125 Å². The third-order valence-electron chi connectivity index (χ3n) is 6.62. The zero-order chi connectivity index (χ0) is 26.7. The van der Waals surface area contributed by atoms with E-state index in [0.717, 1.165) is 17.2 Å². The van der Waals surface area contributed by atoms with Crippen LogP contribution in [0.1, 0.15) is 24.0 Å². The van der Waals surface area contributed by atoms with Crippen LogP contribution in [0.3, 0.4) is 0 Å². The van der Waals surface area contributed by atoms with E-state index in [4.69, 9.17) is 10.5 Å². The number of aliphatic hydroxyl groups excluding tert-OH is 1. The molecule has 5 N–H and O–H groups in total. The van der Waals surface area contributed by atoms with Crippen molar-refractivity contribution in [2.24, 2.45) is 5.73 Å². The second-order valence-corrected chi connectivity index (χ2v) is 9.17. The molecule has 1 fully saturated rings. The van der Waals surface area contributed by atoms with Crippen LogP contribution in [0.5, 0.6) is 5.75 Å². The molecule has 37 heavy (non-hydrogen) atoms. The van der Waals surface area contributed by atoms with Gasteiger partial charge in [-0.05, 0) is 48.1 Å². The zero-order valence-electron chi connectivity index (χ0n) is 19.9. The molecule has 3 atom stereocenters. The summed E-state index contributed by atoms with van der Waals surface area (Å²) in [6, 6.07) is 7.07. The second-order valence-electron chi connectivity index (χ2n) is 9.17. The molecule has 2 aliphatic heterocycles. The highest BCUT2D eigenvalue weighted by Crippen LogP contribution is 2.33. The number of aryl methyl sites for hydroxylation is 1. The lowest BCUT2D eigenvalue weighted by atomic mass is 9.83. The number of aliphatic hydroxyl groups is 1. The van der Waals surface area contributed by atoms with Crippen molar-refractivity contribution < 1.29 is 37.7 Å². The van der Waals surface area contributed by atoms with Crippen molar-refractivity contribution in [1.29, 1.82) is 0 Å². The van der Waals surface area contributed by atoms with Crippen LogP contribution in [-0.4, -0.2) is 71.4 Å². The Morgan fingerprint density at radius 3 is 2.49 bits per heavy atom. The maximum Gasteiger partial charge on any atom is 0.333 e. The third-order valence-corrected chi connectivity index (χ3v) is 6.62. The van der Waals surface area contributed by atoms with E-state index in [2.05, 4.69) is 5.32 Å². The van der Waals surface area contributed by atoms with Crippen LogP contribution < -0.4 is 15.8 Å². The molecule has 198 valence electrons. The summed E-state index contributed by atoms with van der Waals surface area (Å²) in [6.07, 6.45) is 1.35. The van der Waals surface area contributed by atoms with Gasteiger partial charge in [-0.1, -0.05) is 24.3 Å². The highest BCUT2D eigenvalue weighted by Gasteiger charge is 2.40. The molecule has 1 amide bonds. The van der Waals surface area contributed by atoms with Gasteiger partial charge in [0.2, 0.25) is 11.7 Å². The molecule has 2 aromatic rings. The van der Waals surface area contributed by atoms with Crippen molar-refractivity contribution in [1.82, 2.24) is 10.2 Å². The summed E-state index contributed by atoms with van der Waals surface area (Å²) in [6.45, 7) is -0.0116. The minimum absolute atomic E-state index is 0.0163. The average Bonchev–Trinajstić information content (AvgIpc) is 2.89. The molecule has 1 saturated heterocycles. The number of ether oxygens (including phenoxy) is 1. The lowest BCUT2D eigenvalue weighted by Crippen LogP contribution is -2.63. The lowest BCUT2D eigenvalue weighted by Gasteiger charge is -2.44. The number of halogens is 3. The second kappa shape index (κ2) is 11.3. The van der Waals surface area contributed by atoms with Gasteiger partial charge in [-0.2, -0.15) is 4.39 Å². The van der Waals surface area contributed by atoms with Gasteiger partial charge in [-0.15, -0.1) is 0 Å². The van der Waals surface area contributed by atoms with Gasteiger partial charge in [0.15, 0.2) is 17.4 Å². The number of fused-ring (bicyclic) bond motifs is 2. The first kappa shape index (κ1) is 26.6. The third kappa shape index (κ3) is 5.79. The zero-order valence-corrected chi connectivity index (χ0v) is 19.9. The number of hydrogen-bond acceptors (Lipinski definition) is 6. The number of aliphatic carboxylic acids is 1. The summed E-state index contributed by atoms with van der Waals surface area (Å²) >= 11 is 0. The molecule has 0 saturated carbocycles. The predicted octanol–water partition coefficient (Wildman–Crippen LogP) is 1.85. The van der Waals surface area contributed by atoms with E-state index in [0.29, 0.717) is 37.4 Å². The number of carbonyl (C=O) groups is 2. The Balaban J connectivity index is 1.42. The van der Waals surface area contributed by atoms with E-state index in [1.807, 2.05) is 24.3 Å². The number of hydrogen-bond donors (Lipinski definition) is 4. The fraction of sp³-hybridized carbons (Fsp3) is 0.385. The largest absolute Gasteiger partial charge is 0.488 e. The minimum Gasteiger partial charge on any atom is -0.488 e. The summed E-state index contributed by atoms with van der Waals surface area (Å²) in [5.41, 5.74) is 8.21. The van der Waals surface area contributed by atoms with Crippen molar-refractivity contribution in [3.63, 3.8) is 0 Å². The first-order chi connectivity index (χ1) is 17.7. The fourth-order valence-corrected chi connectivity index (χ4v) is 4.82. The van der Waals surface area contributed by atoms with Crippen LogP contribution in [0.4, 0.5) is 13.2 Å². The molecule has 2 aromatic carbocycles. The number of rotatable bonds is 9. The Hall–Kier alpha value is -3.41. The van der Waals surface area contributed by atoms with Gasteiger partial charge in [-0.25, -0.2) is 13.6 Å². The summed E-state index contributed by atoms with van der Waals surface area (Å²) in [5.74, 6) is -5.74. The highest BCUT2D eigenvalue weighted by atomic mass is 19.2. The van der Waals surface area contributed by atoms with Crippen LogP contribution in [0.2, 0.25) is 0 Å². The molecule has 0 aromatic heterocycles. The molecule has 2 aliphatic rings. The summed E-state index contributed by atoms with van der Waals surface area (Å²) in [5, 5.41) is 22.4. The lowest BCUT2D eigenvalue weighted by molar-refractivity contribution is -0.137. The van der Waals surface area contributed by atoms with Crippen LogP contribution in [0.15, 0.2) is 42.0 Å². The number of nitrogens with one attached hydrogen (secondary N) is 1. The van der Waals surface area contributed by atoms with Gasteiger partial charge in [0.05, 0.1) is 24.8 Å². The van der Waals surface area contributed by atoms with Crippen molar-refractivity contribution in [2.45, 2.75) is 37.4 Å². The Morgan fingerprint density at radius 2 is 1.81 bits per heavy atom. The SMILES string of the molecule is N[C@@H](CO)C(=O)N1C[C@H]2CC(c3ccc(CCCOc4c(F)ccc(F)c4F)cc3)=C(C(=O)O)[C@@H](C1)N2. The molecular formula is C26H28F3N3O5. The molecule has 0 aliphatic carbocycles. The first-order valence-corrected chi connectivity index (χ1v) is 11.9. The number of carboxylic acids is 1. The Morgan fingerprint density at radius 1 is 1.11 bits per heavy atom. The number of nitrogens with zero attached hydrogens (tertiary/aromatic N) is 1.